The Morgan fingerprint density at radius 3 is 2.50 bits per heavy atom. The third-order valence-electron chi connectivity index (χ3n) is 3.94. The van der Waals surface area contributed by atoms with Crippen LogP contribution in [0.3, 0.4) is 0 Å². The average Bonchev–Trinajstić information content (AvgIpc) is 2.55. The fraction of sp³-hybridized carbons (Fsp3) is 0.500. The number of allylic oxidation sites excluding steroid dienone is 3. The van der Waals surface area contributed by atoms with Gasteiger partial charge in [-0.2, -0.15) is 0 Å². The Morgan fingerprint density at radius 1 is 1.38 bits per heavy atom. The Kier molecular flexibility index (Phi) is 7.98. The highest BCUT2D eigenvalue weighted by molar-refractivity contribution is 5.86. The van der Waals surface area contributed by atoms with Crippen LogP contribution in [0.2, 0.25) is 0 Å². The molecule has 1 aliphatic rings. The molecule has 1 rings (SSSR count). The zero-order valence-electron chi connectivity index (χ0n) is 14.0. The van der Waals surface area contributed by atoms with Crippen molar-refractivity contribution >= 4 is 5.91 Å². The van der Waals surface area contributed by atoms with Crippen molar-refractivity contribution in [2.24, 2.45) is 0 Å². The summed E-state index contributed by atoms with van der Waals surface area (Å²) in [4.78, 5) is 12.5. The van der Waals surface area contributed by atoms with Crippen molar-refractivity contribution in [1.82, 2.24) is 10.6 Å². The van der Waals surface area contributed by atoms with Gasteiger partial charge in [-0.3, -0.25) is 10.1 Å². The van der Waals surface area contributed by atoms with Crippen LogP contribution in [0.5, 0.6) is 0 Å². The standard InChI is InChI=1S/C18H25F3N2O.H2/c1-4-11-22-16(13(5-2)12-14(19)6-3)17(24)23-15-7-9-18(20,21)10-8-15;/h4-6,12,15-16,22H,1-2,7-11H2,3H3,(H,23,24);1H/b13-12+,14-6+;. The van der Waals surface area contributed by atoms with Gasteiger partial charge in [0.2, 0.25) is 11.8 Å². The Labute approximate surface area is 142 Å². The van der Waals surface area contributed by atoms with Crippen LogP contribution in [0, 0.1) is 0 Å². The number of amides is 1. The molecule has 1 atom stereocenters. The minimum atomic E-state index is -2.65. The number of carbonyl (C=O) groups excluding carboxylic acids is 1. The molecular weight excluding hydrogens is 317 g/mol. The molecule has 0 saturated heterocycles. The molecule has 0 aliphatic heterocycles. The predicted molar refractivity (Wildman–Crippen MR) is 92.6 cm³/mol. The molecule has 1 fully saturated rings. The van der Waals surface area contributed by atoms with E-state index >= 15 is 0 Å². The van der Waals surface area contributed by atoms with Gasteiger partial charge in [0.25, 0.3) is 0 Å². The van der Waals surface area contributed by atoms with E-state index in [9.17, 15) is 18.0 Å². The number of halogens is 3. The smallest absolute Gasteiger partial charge is 0.248 e. The van der Waals surface area contributed by atoms with Gasteiger partial charge >= 0.3 is 0 Å². The van der Waals surface area contributed by atoms with Gasteiger partial charge in [0.15, 0.2) is 0 Å². The van der Waals surface area contributed by atoms with Crippen LogP contribution < -0.4 is 10.6 Å². The second kappa shape index (κ2) is 9.47. The first-order valence-electron chi connectivity index (χ1n) is 8.01. The number of alkyl halides is 2. The first-order chi connectivity index (χ1) is 11.3. The van der Waals surface area contributed by atoms with E-state index in [-0.39, 0.29) is 39.1 Å². The van der Waals surface area contributed by atoms with Gasteiger partial charge in [0.1, 0.15) is 11.9 Å². The predicted octanol–water partition coefficient (Wildman–Crippen LogP) is 4.06. The maximum absolute atomic E-state index is 13.5. The van der Waals surface area contributed by atoms with Gasteiger partial charge in [-0.1, -0.05) is 24.8 Å². The molecule has 136 valence electrons. The Morgan fingerprint density at radius 2 is 2.00 bits per heavy atom. The quantitative estimate of drug-likeness (QED) is 0.515. The average molecular weight is 344 g/mol. The molecule has 24 heavy (non-hydrogen) atoms. The third-order valence-corrected chi connectivity index (χ3v) is 3.94. The molecule has 0 aromatic carbocycles. The van der Waals surface area contributed by atoms with Crippen LogP contribution in [-0.4, -0.2) is 30.5 Å². The molecule has 1 aliphatic carbocycles. The summed E-state index contributed by atoms with van der Waals surface area (Å²) in [7, 11) is 0. The normalized spacial score (nSPS) is 20.3. The molecule has 0 radical (unpaired) electrons. The summed E-state index contributed by atoms with van der Waals surface area (Å²) in [5.74, 6) is -3.52. The molecule has 1 unspecified atom stereocenters. The molecule has 0 aromatic heterocycles. The number of rotatable bonds is 8. The summed E-state index contributed by atoms with van der Waals surface area (Å²) in [6.45, 7) is 9.08. The third kappa shape index (κ3) is 6.35. The molecule has 0 spiro atoms. The summed E-state index contributed by atoms with van der Waals surface area (Å²) in [6, 6.07) is -1.13. The Bertz CT molecular complexity index is 522. The number of nitrogens with one attached hydrogen (secondary N) is 2. The maximum Gasteiger partial charge on any atom is 0.248 e. The lowest BCUT2D eigenvalue weighted by molar-refractivity contribution is -0.124. The summed E-state index contributed by atoms with van der Waals surface area (Å²) in [6.07, 6.45) is 5.46. The van der Waals surface area contributed by atoms with Gasteiger partial charge < -0.3 is 5.32 Å². The van der Waals surface area contributed by atoms with E-state index in [1.54, 1.807) is 13.0 Å². The largest absolute Gasteiger partial charge is 0.352 e. The number of hydrogen-bond acceptors (Lipinski definition) is 2. The summed E-state index contributed by atoms with van der Waals surface area (Å²) in [5.41, 5.74) is 0.367. The second-order valence-electron chi connectivity index (χ2n) is 5.79. The second-order valence-corrected chi connectivity index (χ2v) is 5.79. The minimum Gasteiger partial charge on any atom is -0.352 e. The molecule has 0 bridgehead atoms. The van der Waals surface area contributed by atoms with Crippen LogP contribution >= 0.6 is 0 Å². The van der Waals surface area contributed by atoms with Crippen molar-refractivity contribution in [3.05, 3.63) is 48.9 Å². The highest BCUT2D eigenvalue weighted by Crippen LogP contribution is 2.33. The highest BCUT2D eigenvalue weighted by Gasteiger charge is 2.36. The SMILES string of the molecule is C=CCNC(C(=O)NC1CCC(F)(F)CC1)/C(C=C)=C/C(F)=C\C.[HH]. The van der Waals surface area contributed by atoms with Gasteiger partial charge in [-0.25, -0.2) is 13.2 Å². The van der Waals surface area contributed by atoms with Crippen molar-refractivity contribution in [2.45, 2.75) is 50.6 Å². The molecule has 1 amide bonds. The minimum absolute atomic E-state index is 0. The fourth-order valence-electron chi connectivity index (χ4n) is 2.53. The van der Waals surface area contributed by atoms with Crippen molar-refractivity contribution in [1.29, 1.82) is 0 Å². The van der Waals surface area contributed by atoms with Gasteiger partial charge in [-0.05, 0) is 31.4 Å². The van der Waals surface area contributed by atoms with Gasteiger partial charge in [0.05, 0.1) is 0 Å². The van der Waals surface area contributed by atoms with Crippen molar-refractivity contribution in [3.63, 3.8) is 0 Å². The van der Waals surface area contributed by atoms with E-state index in [1.165, 1.54) is 18.2 Å². The van der Waals surface area contributed by atoms with Gasteiger partial charge in [0, 0.05) is 26.9 Å². The first-order valence-corrected chi connectivity index (χ1v) is 8.01. The highest BCUT2D eigenvalue weighted by atomic mass is 19.3. The zero-order chi connectivity index (χ0) is 18.2. The number of carbonyl (C=O) groups is 1. The van der Waals surface area contributed by atoms with Crippen LogP contribution in [-0.2, 0) is 4.79 Å². The number of hydrogen-bond donors (Lipinski definition) is 2. The van der Waals surface area contributed by atoms with E-state index in [2.05, 4.69) is 23.8 Å². The van der Waals surface area contributed by atoms with Crippen LogP contribution in [0.15, 0.2) is 48.9 Å². The molecule has 1 saturated carbocycles. The summed E-state index contributed by atoms with van der Waals surface area (Å²) in [5, 5.41) is 5.72. The van der Waals surface area contributed by atoms with Crippen molar-refractivity contribution in [2.75, 3.05) is 6.54 Å². The molecule has 0 heterocycles. The lowest BCUT2D eigenvalue weighted by atomic mass is 9.92. The van der Waals surface area contributed by atoms with E-state index in [0.717, 1.165) is 0 Å². The molecule has 6 heteroatoms. The lowest BCUT2D eigenvalue weighted by Crippen LogP contribution is -2.50. The molecular formula is C18H27F3N2O. The topological polar surface area (TPSA) is 41.1 Å². The molecule has 2 N–H and O–H groups in total. The fourth-order valence-corrected chi connectivity index (χ4v) is 2.53. The van der Waals surface area contributed by atoms with Gasteiger partial charge in [-0.15, -0.1) is 6.58 Å². The molecule has 0 aromatic rings. The van der Waals surface area contributed by atoms with Crippen LogP contribution in [0.1, 0.15) is 34.0 Å². The maximum atomic E-state index is 13.5. The summed E-state index contributed by atoms with van der Waals surface area (Å²) < 4.78 is 39.9. The van der Waals surface area contributed by atoms with E-state index < -0.39 is 17.8 Å². The van der Waals surface area contributed by atoms with E-state index in [4.69, 9.17) is 0 Å². The Hall–Kier alpha value is -1.82. The van der Waals surface area contributed by atoms with Crippen LogP contribution in [0.25, 0.3) is 0 Å². The summed E-state index contributed by atoms with van der Waals surface area (Å²) >= 11 is 0. The van der Waals surface area contributed by atoms with E-state index in [0.29, 0.717) is 12.1 Å². The lowest BCUT2D eigenvalue weighted by Gasteiger charge is -2.30. The molecule has 3 nitrogen and oxygen atoms in total. The first kappa shape index (κ1) is 20.2. The van der Waals surface area contributed by atoms with Crippen molar-refractivity contribution < 1.29 is 19.4 Å². The van der Waals surface area contributed by atoms with E-state index in [1.807, 2.05) is 0 Å². The zero-order valence-corrected chi connectivity index (χ0v) is 14.0. The Balaban J connectivity index is 0.00000576. The van der Waals surface area contributed by atoms with Crippen molar-refractivity contribution in [3.8, 4) is 0 Å². The monoisotopic (exact) mass is 344 g/mol. The van der Waals surface area contributed by atoms with Crippen LogP contribution in [0.4, 0.5) is 13.2 Å².